The fourth-order valence-electron chi connectivity index (χ4n) is 4.21. The lowest BCUT2D eigenvalue weighted by molar-refractivity contribution is 0.361. The molecule has 1 atom stereocenters. The van der Waals surface area contributed by atoms with E-state index in [9.17, 15) is 13.2 Å². The molecule has 1 nitrogen and oxygen atoms in total. The quantitative estimate of drug-likeness (QED) is 0.485. The summed E-state index contributed by atoms with van der Waals surface area (Å²) in [5.74, 6) is -1.36. The molecule has 1 aliphatic heterocycles. The van der Waals surface area contributed by atoms with Gasteiger partial charge in [0.25, 0.3) is 0 Å². The van der Waals surface area contributed by atoms with Crippen molar-refractivity contribution in [2.24, 2.45) is 5.92 Å². The first-order valence-electron chi connectivity index (χ1n) is 10.3. The van der Waals surface area contributed by atoms with Crippen molar-refractivity contribution in [3.8, 4) is 0 Å². The summed E-state index contributed by atoms with van der Waals surface area (Å²) >= 11 is 0. The maximum Gasteiger partial charge on any atom is 0.165 e. The van der Waals surface area contributed by atoms with Gasteiger partial charge in [-0.05, 0) is 61.6 Å². The molecule has 0 N–H and O–H groups in total. The standard InChI is InChI=1S/C25H25F3O/c1-2-3-17-7-11-19(22(26)14-17)10-6-16-4-8-18(9-5-16)20-12-13-21(23-15-29-23)25(28)24(20)27/h2-3,6-7,10-14,16,18,23H,4-5,8-9,15H2,1H3/b3-2+,10-6+. The Morgan fingerprint density at radius 2 is 1.59 bits per heavy atom. The fraction of sp³-hybridized carbons (Fsp3) is 0.360. The Morgan fingerprint density at radius 3 is 2.24 bits per heavy atom. The summed E-state index contributed by atoms with van der Waals surface area (Å²) in [6.07, 6.45) is 10.7. The first-order valence-corrected chi connectivity index (χ1v) is 10.3. The summed E-state index contributed by atoms with van der Waals surface area (Å²) in [5, 5.41) is 0. The molecular weight excluding hydrogens is 373 g/mol. The van der Waals surface area contributed by atoms with E-state index in [1.165, 1.54) is 6.07 Å². The van der Waals surface area contributed by atoms with E-state index in [0.29, 0.717) is 29.2 Å². The second kappa shape index (κ2) is 8.58. The van der Waals surface area contributed by atoms with Crippen LogP contribution in [0.3, 0.4) is 0 Å². The third kappa shape index (κ3) is 4.48. The van der Waals surface area contributed by atoms with Gasteiger partial charge in [-0.2, -0.15) is 0 Å². The largest absolute Gasteiger partial charge is 0.368 e. The highest BCUT2D eigenvalue weighted by molar-refractivity contribution is 5.56. The monoisotopic (exact) mass is 398 g/mol. The number of hydrogen-bond donors (Lipinski definition) is 0. The van der Waals surface area contributed by atoms with E-state index in [0.717, 1.165) is 31.2 Å². The zero-order valence-electron chi connectivity index (χ0n) is 16.5. The Morgan fingerprint density at radius 1 is 0.897 bits per heavy atom. The van der Waals surface area contributed by atoms with Crippen molar-refractivity contribution in [2.45, 2.75) is 44.6 Å². The Bertz CT molecular complexity index is 935. The predicted molar refractivity (Wildman–Crippen MR) is 110 cm³/mol. The van der Waals surface area contributed by atoms with Crippen LogP contribution in [0, 0.1) is 23.4 Å². The molecule has 2 aromatic rings. The minimum atomic E-state index is -0.760. The Kier molecular flexibility index (Phi) is 5.91. The number of halogens is 3. The first-order chi connectivity index (χ1) is 14.1. The SMILES string of the molecule is C/C=C/c1ccc(/C=C/C2CCC(c3ccc(C4CO4)c(F)c3F)CC2)c(F)c1. The van der Waals surface area contributed by atoms with E-state index in [2.05, 4.69) is 6.08 Å². The molecule has 1 saturated carbocycles. The van der Waals surface area contributed by atoms with Gasteiger partial charge in [0.1, 0.15) is 11.9 Å². The van der Waals surface area contributed by atoms with Gasteiger partial charge in [0, 0.05) is 11.1 Å². The Balaban J connectivity index is 1.38. The van der Waals surface area contributed by atoms with Crippen molar-refractivity contribution in [1.82, 2.24) is 0 Å². The van der Waals surface area contributed by atoms with E-state index in [-0.39, 0.29) is 17.8 Å². The van der Waals surface area contributed by atoms with Crippen molar-refractivity contribution < 1.29 is 17.9 Å². The van der Waals surface area contributed by atoms with Crippen LogP contribution in [-0.2, 0) is 4.74 Å². The molecule has 2 aliphatic rings. The molecule has 0 radical (unpaired) electrons. The molecular formula is C25H25F3O. The van der Waals surface area contributed by atoms with Crippen LogP contribution in [0.25, 0.3) is 12.2 Å². The number of benzene rings is 2. The smallest absolute Gasteiger partial charge is 0.165 e. The summed E-state index contributed by atoms with van der Waals surface area (Å²) in [7, 11) is 0. The van der Waals surface area contributed by atoms with Gasteiger partial charge in [-0.1, -0.05) is 48.6 Å². The summed E-state index contributed by atoms with van der Waals surface area (Å²) in [4.78, 5) is 0. The molecule has 1 heterocycles. The summed E-state index contributed by atoms with van der Waals surface area (Å²) in [5.41, 5.74) is 2.22. The molecule has 1 saturated heterocycles. The maximum atomic E-state index is 14.5. The molecule has 0 bridgehead atoms. The Labute approximate surface area is 169 Å². The summed E-state index contributed by atoms with van der Waals surface area (Å²) in [6.45, 7) is 2.37. The number of rotatable bonds is 5. The van der Waals surface area contributed by atoms with E-state index >= 15 is 0 Å². The molecule has 152 valence electrons. The van der Waals surface area contributed by atoms with Gasteiger partial charge in [0.05, 0.1) is 6.61 Å². The molecule has 0 spiro atoms. The molecule has 4 heteroatoms. The zero-order chi connectivity index (χ0) is 20.4. The average molecular weight is 398 g/mol. The molecule has 1 aliphatic carbocycles. The van der Waals surface area contributed by atoms with Crippen molar-refractivity contribution in [1.29, 1.82) is 0 Å². The lowest BCUT2D eigenvalue weighted by Gasteiger charge is -2.27. The van der Waals surface area contributed by atoms with Crippen LogP contribution in [-0.4, -0.2) is 6.61 Å². The number of ether oxygens (including phenoxy) is 1. The van der Waals surface area contributed by atoms with Crippen LogP contribution in [0.15, 0.2) is 42.5 Å². The Hall–Kier alpha value is -2.33. The molecule has 29 heavy (non-hydrogen) atoms. The first kappa shape index (κ1) is 20.0. The fourth-order valence-corrected chi connectivity index (χ4v) is 4.21. The minimum Gasteiger partial charge on any atom is -0.368 e. The van der Waals surface area contributed by atoms with E-state index in [4.69, 9.17) is 4.74 Å². The van der Waals surface area contributed by atoms with Crippen LogP contribution < -0.4 is 0 Å². The lowest BCUT2D eigenvalue weighted by atomic mass is 9.78. The zero-order valence-corrected chi connectivity index (χ0v) is 16.5. The predicted octanol–water partition coefficient (Wildman–Crippen LogP) is 7.20. The third-order valence-electron chi connectivity index (χ3n) is 5.97. The summed E-state index contributed by atoms with van der Waals surface area (Å²) < 4.78 is 48.1. The molecule has 2 fully saturated rings. The van der Waals surface area contributed by atoms with Crippen LogP contribution in [0.5, 0.6) is 0 Å². The highest BCUT2D eigenvalue weighted by atomic mass is 19.2. The van der Waals surface area contributed by atoms with Crippen molar-refractivity contribution in [3.05, 3.63) is 82.2 Å². The number of allylic oxidation sites excluding steroid dienone is 2. The molecule has 2 aromatic carbocycles. The van der Waals surface area contributed by atoms with Gasteiger partial charge in [0.15, 0.2) is 11.6 Å². The normalized spacial score (nSPS) is 24.5. The maximum absolute atomic E-state index is 14.5. The van der Waals surface area contributed by atoms with Gasteiger partial charge in [0.2, 0.25) is 0 Å². The van der Waals surface area contributed by atoms with E-state index < -0.39 is 11.6 Å². The van der Waals surface area contributed by atoms with Crippen LogP contribution in [0.1, 0.15) is 66.9 Å². The number of hydrogen-bond acceptors (Lipinski definition) is 1. The number of epoxide rings is 1. The van der Waals surface area contributed by atoms with Gasteiger partial charge < -0.3 is 4.74 Å². The van der Waals surface area contributed by atoms with Crippen molar-refractivity contribution in [2.75, 3.05) is 6.61 Å². The van der Waals surface area contributed by atoms with Crippen LogP contribution >= 0.6 is 0 Å². The minimum absolute atomic E-state index is 0.0279. The van der Waals surface area contributed by atoms with Gasteiger partial charge in [-0.15, -0.1) is 0 Å². The van der Waals surface area contributed by atoms with Crippen molar-refractivity contribution >= 4 is 12.2 Å². The highest BCUT2D eigenvalue weighted by Gasteiger charge is 2.32. The third-order valence-corrected chi connectivity index (χ3v) is 5.97. The van der Waals surface area contributed by atoms with Gasteiger partial charge in [-0.3, -0.25) is 0 Å². The van der Waals surface area contributed by atoms with Gasteiger partial charge in [-0.25, -0.2) is 13.2 Å². The van der Waals surface area contributed by atoms with Crippen molar-refractivity contribution in [3.63, 3.8) is 0 Å². The molecule has 1 unspecified atom stereocenters. The molecule has 0 amide bonds. The van der Waals surface area contributed by atoms with Crippen LogP contribution in [0.4, 0.5) is 13.2 Å². The van der Waals surface area contributed by atoms with E-state index in [1.807, 2.05) is 31.2 Å². The second-order valence-corrected chi connectivity index (χ2v) is 7.95. The molecule has 0 aromatic heterocycles. The van der Waals surface area contributed by atoms with E-state index in [1.54, 1.807) is 18.2 Å². The van der Waals surface area contributed by atoms with Crippen LogP contribution in [0.2, 0.25) is 0 Å². The highest BCUT2D eigenvalue weighted by Crippen LogP contribution is 2.40. The topological polar surface area (TPSA) is 12.5 Å². The lowest BCUT2D eigenvalue weighted by Crippen LogP contribution is -2.14. The second-order valence-electron chi connectivity index (χ2n) is 7.95. The summed E-state index contributed by atoms with van der Waals surface area (Å²) in [6, 6.07) is 8.60. The molecule has 4 rings (SSSR count). The average Bonchev–Trinajstić information content (AvgIpc) is 3.55. The van der Waals surface area contributed by atoms with Gasteiger partial charge >= 0.3 is 0 Å².